The van der Waals surface area contributed by atoms with Gasteiger partial charge in [-0.15, -0.1) is 11.3 Å². The Hall–Kier alpha value is -1.40. The van der Waals surface area contributed by atoms with Crippen molar-refractivity contribution in [2.75, 3.05) is 11.9 Å². The van der Waals surface area contributed by atoms with Crippen molar-refractivity contribution >= 4 is 38.6 Å². The molecule has 0 amide bonds. The second kappa shape index (κ2) is 6.16. The van der Waals surface area contributed by atoms with Crippen LogP contribution in [0.4, 0.5) is 11.4 Å². The van der Waals surface area contributed by atoms with Gasteiger partial charge in [0.1, 0.15) is 0 Å². The predicted molar refractivity (Wildman–Crippen MR) is 82.0 cm³/mol. The summed E-state index contributed by atoms with van der Waals surface area (Å²) in [5.41, 5.74) is 1.80. The molecule has 0 atom stereocenters. The number of halogens is 1. The van der Waals surface area contributed by atoms with Gasteiger partial charge >= 0.3 is 0 Å². The minimum absolute atomic E-state index is 0.126. The zero-order valence-corrected chi connectivity index (χ0v) is 12.8. The van der Waals surface area contributed by atoms with Crippen molar-refractivity contribution in [1.29, 1.82) is 0 Å². The fourth-order valence-corrected chi connectivity index (χ4v) is 3.27. The standard InChI is InChI=1S/C13H13BrN2O2S/c1-9-6-10(8-11(7-9)16(17)18)15-5-4-12-2-3-13(14)19-12/h2-3,6-8,15H,4-5H2,1H3. The van der Waals surface area contributed by atoms with Crippen molar-refractivity contribution in [3.8, 4) is 0 Å². The Morgan fingerprint density at radius 1 is 1.37 bits per heavy atom. The largest absolute Gasteiger partial charge is 0.384 e. The molecular formula is C13H13BrN2O2S. The van der Waals surface area contributed by atoms with Crippen LogP contribution in [-0.2, 0) is 6.42 Å². The summed E-state index contributed by atoms with van der Waals surface area (Å²) in [6, 6.07) is 9.16. The second-order valence-electron chi connectivity index (χ2n) is 4.20. The van der Waals surface area contributed by atoms with E-state index in [1.54, 1.807) is 23.5 Å². The quantitative estimate of drug-likeness (QED) is 0.648. The molecule has 0 spiro atoms. The Morgan fingerprint density at radius 3 is 2.79 bits per heavy atom. The zero-order chi connectivity index (χ0) is 13.8. The lowest BCUT2D eigenvalue weighted by molar-refractivity contribution is -0.384. The lowest BCUT2D eigenvalue weighted by Crippen LogP contribution is -2.04. The number of hydrogen-bond acceptors (Lipinski definition) is 4. The predicted octanol–water partition coefficient (Wildman–Crippen LogP) is 4.38. The zero-order valence-electron chi connectivity index (χ0n) is 10.4. The summed E-state index contributed by atoms with van der Waals surface area (Å²) in [6.07, 6.45) is 0.901. The van der Waals surface area contributed by atoms with E-state index in [9.17, 15) is 10.1 Å². The van der Waals surface area contributed by atoms with Crippen LogP contribution in [0.15, 0.2) is 34.1 Å². The first-order valence-electron chi connectivity index (χ1n) is 5.79. The Kier molecular flexibility index (Phi) is 4.55. The molecular weight excluding hydrogens is 328 g/mol. The van der Waals surface area contributed by atoms with E-state index in [1.165, 1.54) is 4.88 Å². The molecule has 0 aliphatic carbocycles. The topological polar surface area (TPSA) is 55.2 Å². The summed E-state index contributed by atoms with van der Waals surface area (Å²) in [4.78, 5) is 11.7. The van der Waals surface area contributed by atoms with E-state index in [0.717, 1.165) is 28.0 Å². The van der Waals surface area contributed by atoms with Crippen LogP contribution in [0, 0.1) is 17.0 Å². The molecule has 2 aromatic rings. The van der Waals surface area contributed by atoms with Gasteiger partial charge in [0.25, 0.3) is 5.69 Å². The number of non-ortho nitro benzene ring substituents is 1. The molecule has 0 bridgehead atoms. The average molecular weight is 341 g/mol. The molecule has 0 saturated carbocycles. The van der Waals surface area contributed by atoms with E-state index < -0.39 is 0 Å². The number of nitro benzene ring substituents is 1. The maximum atomic E-state index is 10.8. The first-order chi connectivity index (χ1) is 9.04. The summed E-state index contributed by atoms with van der Waals surface area (Å²) < 4.78 is 1.12. The molecule has 1 N–H and O–H groups in total. The number of thiophene rings is 1. The normalized spacial score (nSPS) is 10.4. The maximum absolute atomic E-state index is 10.8. The van der Waals surface area contributed by atoms with Crippen molar-refractivity contribution in [2.24, 2.45) is 0 Å². The highest BCUT2D eigenvalue weighted by atomic mass is 79.9. The molecule has 0 aliphatic heterocycles. The van der Waals surface area contributed by atoms with Crippen LogP contribution in [0.2, 0.25) is 0 Å². The molecule has 100 valence electrons. The number of rotatable bonds is 5. The third-order valence-electron chi connectivity index (χ3n) is 2.60. The van der Waals surface area contributed by atoms with Gasteiger partial charge in [0, 0.05) is 29.2 Å². The number of benzene rings is 1. The van der Waals surface area contributed by atoms with E-state index in [0.29, 0.717) is 0 Å². The molecule has 19 heavy (non-hydrogen) atoms. The Balaban J connectivity index is 1.97. The van der Waals surface area contributed by atoms with E-state index >= 15 is 0 Å². The molecule has 0 saturated heterocycles. The molecule has 0 fully saturated rings. The summed E-state index contributed by atoms with van der Waals surface area (Å²) in [7, 11) is 0. The number of nitrogens with zero attached hydrogens (tertiary/aromatic N) is 1. The number of aryl methyl sites for hydroxylation is 1. The minimum Gasteiger partial charge on any atom is -0.384 e. The monoisotopic (exact) mass is 340 g/mol. The van der Waals surface area contributed by atoms with E-state index in [-0.39, 0.29) is 10.6 Å². The molecule has 4 nitrogen and oxygen atoms in total. The number of nitro groups is 1. The lowest BCUT2D eigenvalue weighted by atomic mass is 10.2. The molecule has 1 heterocycles. The van der Waals surface area contributed by atoms with Crippen LogP contribution in [0.3, 0.4) is 0 Å². The average Bonchev–Trinajstić information content (AvgIpc) is 2.74. The molecule has 1 aromatic carbocycles. The van der Waals surface area contributed by atoms with Crippen molar-refractivity contribution in [3.05, 3.63) is 54.7 Å². The SMILES string of the molecule is Cc1cc(NCCc2ccc(Br)s2)cc([N+](=O)[O-])c1. The minimum atomic E-state index is -0.367. The van der Waals surface area contributed by atoms with Crippen LogP contribution in [0.5, 0.6) is 0 Å². The summed E-state index contributed by atoms with van der Waals surface area (Å²) in [6.45, 7) is 2.61. The van der Waals surface area contributed by atoms with Gasteiger partial charge in [-0.2, -0.15) is 0 Å². The van der Waals surface area contributed by atoms with Crippen LogP contribution in [0.25, 0.3) is 0 Å². The van der Waals surface area contributed by atoms with Crippen LogP contribution >= 0.6 is 27.3 Å². The molecule has 0 aliphatic rings. The smallest absolute Gasteiger partial charge is 0.271 e. The molecule has 0 unspecified atom stereocenters. The summed E-state index contributed by atoms with van der Waals surface area (Å²) in [5, 5.41) is 14.0. The fourth-order valence-electron chi connectivity index (χ4n) is 1.79. The molecule has 1 aromatic heterocycles. The third kappa shape index (κ3) is 4.04. The first-order valence-corrected chi connectivity index (χ1v) is 7.40. The van der Waals surface area contributed by atoms with E-state index in [4.69, 9.17) is 0 Å². The number of nitrogens with one attached hydrogen (secondary N) is 1. The second-order valence-corrected chi connectivity index (χ2v) is 6.74. The maximum Gasteiger partial charge on any atom is 0.271 e. The Morgan fingerprint density at radius 2 is 2.16 bits per heavy atom. The Labute approximate surface area is 123 Å². The van der Waals surface area contributed by atoms with Crippen LogP contribution in [0.1, 0.15) is 10.4 Å². The van der Waals surface area contributed by atoms with Crippen molar-refractivity contribution in [1.82, 2.24) is 0 Å². The highest BCUT2D eigenvalue weighted by molar-refractivity contribution is 9.11. The van der Waals surface area contributed by atoms with Crippen LogP contribution in [-0.4, -0.2) is 11.5 Å². The fraction of sp³-hybridized carbons (Fsp3) is 0.231. The molecule has 0 radical (unpaired) electrons. The van der Waals surface area contributed by atoms with Gasteiger partial charge in [0.05, 0.1) is 8.71 Å². The van der Waals surface area contributed by atoms with Gasteiger partial charge in [-0.25, -0.2) is 0 Å². The highest BCUT2D eigenvalue weighted by Gasteiger charge is 2.07. The van der Waals surface area contributed by atoms with Crippen molar-refractivity contribution < 1.29 is 4.92 Å². The summed E-state index contributed by atoms with van der Waals surface area (Å²) in [5.74, 6) is 0. The van der Waals surface area contributed by atoms with Crippen molar-refractivity contribution in [3.63, 3.8) is 0 Å². The van der Waals surface area contributed by atoms with Gasteiger partial charge in [-0.3, -0.25) is 10.1 Å². The van der Waals surface area contributed by atoms with E-state index in [2.05, 4.69) is 27.3 Å². The van der Waals surface area contributed by atoms with Crippen LogP contribution < -0.4 is 5.32 Å². The summed E-state index contributed by atoms with van der Waals surface area (Å²) >= 11 is 5.13. The van der Waals surface area contributed by atoms with E-state index in [1.807, 2.05) is 19.1 Å². The number of anilines is 1. The van der Waals surface area contributed by atoms with Gasteiger partial charge in [0.2, 0.25) is 0 Å². The third-order valence-corrected chi connectivity index (χ3v) is 4.29. The van der Waals surface area contributed by atoms with Gasteiger partial charge < -0.3 is 5.32 Å². The van der Waals surface area contributed by atoms with Gasteiger partial charge in [-0.1, -0.05) is 0 Å². The van der Waals surface area contributed by atoms with Gasteiger partial charge in [-0.05, 0) is 53.0 Å². The molecule has 6 heteroatoms. The van der Waals surface area contributed by atoms with Gasteiger partial charge in [0.15, 0.2) is 0 Å². The Bertz CT molecular complexity index is 598. The molecule has 2 rings (SSSR count). The van der Waals surface area contributed by atoms with Crippen molar-refractivity contribution in [2.45, 2.75) is 13.3 Å². The lowest BCUT2D eigenvalue weighted by Gasteiger charge is -2.06. The highest BCUT2D eigenvalue weighted by Crippen LogP contribution is 2.23. The first kappa shape index (κ1) is 14.0. The number of hydrogen-bond donors (Lipinski definition) is 1.